The van der Waals surface area contributed by atoms with Crippen molar-refractivity contribution in [1.82, 2.24) is 0 Å². The Labute approximate surface area is 99.9 Å². The molecule has 0 radical (unpaired) electrons. The van der Waals surface area contributed by atoms with Gasteiger partial charge in [-0.3, -0.25) is 0 Å². The van der Waals surface area contributed by atoms with Gasteiger partial charge in [0.05, 0.1) is 0 Å². The van der Waals surface area contributed by atoms with Crippen molar-refractivity contribution in [3.63, 3.8) is 0 Å². The largest absolute Gasteiger partial charge is 0.508 e. The van der Waals surface area contributed by atoms with Gasteiger partial charge in [-0.2, -0.15) is 0 Å². The number of phenols is 1. The molecule has 4 heteroatoms. The van der Waals surface area contributed by atoms with Gasteiger partial charge < -0.3 is 21.9 Å². The summed E-state index contributed by atoms with van der Waals surface area (Å²) < 4.78 is 0. The highest BCUT2D eigenvalue weighted by atomic mass is 16.3. The third-order valence-corrected chi connectivity index (χ3v) is 2.52. The van der Waals surface area contributed by atoms with E-state index in [1.54, 1.807) is 18.2 Å². The van der Waals surface area contributed by atoms with E-state index in [2.05, 4.69) is 5.32 Å². The number of anilines is 3. The topological polar surface area (TPSA) is 84.3 Å². The second-order valence-corrected chi connectivity index (χ2v) is 3.86. The molecule has 0 aromatic heterocycles. The lowest BCUT2D eigenvalue weighted by Gasteiger charge is -2.09. The summed E-state index contributed by atoms with van der Waals surface area (Å²) in [5.74, 6) is 0.179. The van der Waals surface area contributed by atoms with E-state index in [1.807, 2.05) is 24.3 Å². The van der Waals surface area contributed by atoms with E-state index in [1.165, 1.54) is 0 Å². The van der Waals surface area contributed by atoms with Crippen LogP contribution in [0.4, 0.5) is 17.1 Å². The van der Waals surface area contributed by atoms with Crippen LogP contribution in [0.15, 0.2) is 42.5 Å². The fourth-order valence-corrected chi connectivity index (χ4v) is 1.54. The monoisotopic (exact) mass is 229 g/mol. The first kappa shape index (κ1) is 11.1. The van der Waals surface area contributed by atoms with Gasteiger partial charge in [-0.1, -0.05) is 6.07 Å². The van der Waals surface area contributed by atoms with E-state index in [0.717, 1.165) is 16.9 Å². The van der Waals surface area contributed by atoms with Crippen molar-refractivity contribution in [2.75, 3.05) is 16.8 Å². The van der Waals surface area contributed by atoms with E-state index in [9.17, 15) is 5.11 Å². The molecule has 0 spiro atoms. The lowest BCUT2D eigenvalue weighted by molar-refractivity contribution is 0.475. The van der Waals surface area contributed by atoms with Crippen LogP contribution in [0, 0.1) is 0 Å². The quantitative estimate of drug-likeness (QED) is 0.608. The van der Waals surface area contributed by atoms with Crippen molar-refractivity contribution >= 4 is 17.1 Å². The number of nitrogens with two attached hydrogens (primary N) is 2. The van der Waals surface area contributed by atoms with Crippen LogP contribution in [0.3, 0.4) is 0 Å². The molecule has 88 valence electrons. The van der Waals surface area contributed by atoms with E-state index in [-0.39, 0.29) is 5.75 Å². The molecule has 2 aromatic carbocycles. The normalized spacial score (nSPS) is 10.1. The number of hydrogen-bond donors (Lipinski definition) is 4. The Bertz CT molecular complexity index is 509. The molecule has 0 saturated carbocycles. The van der Waals surface area contributed by atoms with E-state index < -0.39 is 0 Å². The fraction of sp³-hybridized carbons (Fsp3) is 0.0769. The molecule has 0 aliphatic carbocycles. The zero-order valence-corrected chi connectivity index (χ0v) is 9.35. The van der Waals surface area contributed by atoms with Crippen molar-refractivity contribution in [3.05, 3.63) is 48.0 Å². The molecule has 2 rings (SSSR count). The Hall–Kier alpha value is -2.36. The molecule has 4 nitrogen and oxygen atoms in total. The second kappa shape index (κ2) is 4.65. The Morgan fingerprint density at radius 1 is 1.00 bits per heavy atom. The summed E-state index contributed by atoms with van der Waals surface area (Å²) in [6, 6.07) is 12.5. The molecule has 17 heavy (non-hydrogen) atoms. The third-order valence-electron chi connectivity index (χ3n) is 2.52. The minimum Gasteiger partial charge on any atom is -0.508 e. The lowest BCUT2D eigenvalue weighted by atomic mass is 10.1. The zero-order valence-electron chi connectivity index (χ0n) is 9.35. The molecule has 0 fully saturated rings. The number of hydrogen-bond acceptors (Lipinski definition) is 4. The fourth-order valence-electron chi connectivity index (χ4n) is 1.54. The Balaban J connectivity index is 2.04. The van der Waals surface area contributed by atoms with Gasteiger partial charge >= 0.3 is 0 Å². The zero-order chi connectivity index (χ0) is 12.3. The summed E-state index contributed by atoms with van der Waals surface area (Å²) in [4.78, 5) is 0. The van der Waals surface area contributed by atoms with Crippen LogP contribution in [0.2, 0.25) is 0 Å². The molecule has 0 aliphatic rings. The minimum atomic E-state index is 0.179. The van der Waals surface area contributed by atoms with Gasteiger partial charge in [0, 0.05) is 29.7 Å². The number of nitrogen functional groups attached to an aromatic ring is 2. The molecule has 0 heterocycles. The number of phenolic OH excluding ortho intramolecular Hbond substituents is 1. The average Bonchev–Trinajstić information content (AvgIpc) is 2.30. The molecule has 6 N–H and O–H groups in total. The van der Waals surface area contributed by atoms with Crippen molar-refractivity contribution in [2.24, 2.45) is 0 Å². The summed E-state index contributed by atoms with van der Waals surface area (Å²) in [6.07, 6.45) is 0. The van der Waals surface area contributed by atoms with Crippen LogP contribution in [0.1, 0.15) is 5.56 Å². The standard InChI is InChI=1S/C13H15N3O/c14-10-2-4-11(5-3-10)16-8-9-1-6-12(17)7-13(9)15/h1-7,16-17H,8,14-15H2. The minimum absolute atomic E-state index is 0.179. The van der Waals surface area contributed by atoms with Crippen LogP contribution >= 0.6 is 0 Å². The summed E-state index contributed by atoms with van der Waals surface area (Å²) in [7, 11) is 0. The second-order valence-electron chi connectivity index (χ2n) is 3.86. The van der Waals surface area contributed by atoms with Gasteiger partial charge in [-0.15, -0.1) is 0 Å². The highest BCUT2D eigenvalue weighted by Gasteiger charge is 2.00. The van der Waals surface area contributed by atoms with Gasteiger partial charge in [0.2, 0.25) is 0 Å². The van der Waals surface area contributed by atoms with E-state index >= 15 is 0 Å². The average molecular weight is 229 g/mol. The van der Waals surface area contributed by atoms with Gasteiger partial charge in [0.15, 0.2) is 0 Å². The smallest absolute Gasteiger partial charge is 0.117 e. The molecule has 0 atom stereocenters. The van der Waals surface area contributed by atoms with Gasteiger partial charge in [0.25, 0.3) is 0 Å². The number of rotatable bonds is 3. The first-order valence-electron chi connectivity index (χ1n) is 5.32. The van der Waals surface area contributed by atoms with Crippen LogP contribution < -0.4 is 16.8 Å². The molecule has 0 amide bonds. The van der Waals surface area contributed by atoms with Crippen LogP contribution in [-0.2, 0) is 6.54 Å². The Morgan fingerprint density at radius 2 is 1.71 bits per heavy atom. The Kier molecular flexibility index (Phi) is 3.05. The lowest BCUT2D eigenvalue weighted by Crippen LogP contribution is -2.02. The molecule has 0 aliphatic heterocycles. The number of nitrogens with one attached hydrogen (secondary N) is 1. The number of aromatic hydroxyl groups is 1. The first-order valence-corrected chi connectivity index (χ1v) is 5.32. The molecule has 2 aromatic rings. The third kappa shape index (κ3) is 2.81. The first-order chi connectivity index (χ1) is 8.15. The van der Waals surface area contributed by atoms with Crippen molar-refractivity contribution < 1.29 is 5.11 Å². The molecular formula is C13H15N3O. The van der Waals surface area contributed by atoms with E-state index in [4.69, 9.17) is 11.5 Å². The van der Waals surface area contributed by atoms with Crippen molar-refractivity contribution in [3.8, 4) is 5.75 Å². The molecule has 0 unspecified atom stereocenters. The summed E-state index contributed by atoms with van der Waals surface area (Å²) in [5.41, 5.74) is 14.6. The maximum Gasteiger partial charge on any atom is 0.117 e. The van der Waals surface area contributed by atoms with Crippen LogP contribution in [-0.4, -0.2) is 5.11 Å². The molecular weight excluding hydrogens is 214 g/mol. The van der Waals surface area contributed by atoms with Crippen LogP contribution in [0.25, 0.3) is 0 Å². The van der Waals surface area contributed by atoms with Crippen LogP contribution in [0.5, 0.6) is 5.75 Å². The summed E-state index contributed by atoms with van der Waals surface area (Å²) in [6.45, 7) is 0.607. The van der Waals surface area contributed by atoms with Gasteiger partial charge in [0.1, 0.15) is 5.75 Å². The van der Waals surface area contributed by atoms with Crippen molar-refractivity contribution in [2.45, 2.75) is 6.54 Å². The predicted molar refractivity (Wildman–Crippen MR) is 70.7 cm³/mol. The predicted octanol–water partition coefficient (Wildman–Crippen LogP) is 2.17. The van der Waals surface area contributed by atoms with Crippen molar-refractivity contribution in [1.29, 1.82) is 0 Å². The molecule has 0 saturated heterocycles. The van der Waals surface area contributed by atoms with E-state index in [0.29, 0.717) is 12.2 Å². The molecule has 0 bridgehead atoms. The highest BCUT2D eigenvalue weighted by Crippen LogP contribution is 2.20. The Morgan fingerprint density at radius 3 is 2.35 bits per heavy atom. The highest BCUT2D eigenvalue weighted by molar-refractivity contribution is 5.55. The van der Waals surface area contributed by atoms with Gasteiger partial charge in [-0.05, 0) is 35.9 Å². The maximum absolute atomic E-state index is 9.24. The summed E-state index contributed by atoms with van der Waals surface area (Å²) in [5, 5.41) is 12.5. The SMILES string of the molecule is Nc1ccc(NCc2ccc(O)cc2N)cc1. The summed E-state index contributed by atoms with van der Waals surface area (Å²) >= 11 is 0. The maximum atomic E-state index is 9.24. The van der Waals surface area contributed by atoms with Gasteiger partial charge in [-0.25, -0.2) is 0 Å². The number of benzene rings is 2.